The summed E-state index contributed by atoms with van der Waals surface area (Å²) in [5.74, 6) is 0.792. The van der Waals surface area contributed by atoms with Crippen LogP contribution in [0.1, 0.15) is 61.9 Å². The third-order valence-corrected chi connectivity index (χ3v) is 6.00. The second-order valence-corrected chi connectivity index (χ2v) is 8.10. The topological polar surface area (TPSA) is 110 Å². The predicted molar refractivity (Wildman–Crippen MR) is 121 cm³/mol. The van der Waals surface area contributed by atoms with E-state index in [1.54, 1.807) is 6.92 Å². The fourth-order valence-electron chi connectivity index (χ4n) is 4.56. The van der Waals surface area contributed by atoms with Crippen molar-refractivity contribution in [2.75, 3.05) is 11.1 Å². The average Bonchev–Trinajstić information content (AvgIpc) is 2.72. The zero-order valence-corrected chi connectivity index (χ0v) is 17.5. The van der Waals surface area contributed by atoms with Gasteiger partial charge >= 0.3 is 0 Å². The minimum Gasteiger partial charge on any atom is -0.383 e. The van der Waals surface area contributed by atoms with Crippen LogP contribution in [0, 0.1) is 12.3 Å². The Bertz CT molecular complexity index is 1160. The van der Waals surface area contributed by atoms with Crippen LogP contribution < -0.4 is 16.6 Å². The number of nitrogens with two attached hydrogens (primary N) is 1. The van der Waals surface area contributed by atoms with Gasteiger partial charge in [0.2, 0.25) is 0 Å². The second-order valence-electron chi connectivity index (χ2n) is 8.10. The van der Waals surface area contributed by atoms with Crippen molar-refractivity contribution in [2.24, 2.45) is 0 Å². The first-order valence-corrected chi connectivity index (χ1v) is 10.5. The highest BCUT2D eigenvalue weighted by Crippen LogP contribution is 2.30. The third-order valence-electron chi connectivity index (χ3n) is 6.00. The minimum absolute atomic E-state index is 0.0833. The van der Waals surface area contributed by atoms with E-state index < -0.39 is 0 Å². The van der Waals surface area contributed by atoms with Crippen LogP contribution in [0.4, 0.5) is 11.6 Å². The van der Waals surface area contributed by atoms with Crippen LogP contribution in [0.25, 0.3) is 10.8 Å². The Morgan fingerprint density at radius 2 is 2.03 bits per heavy atom. The molecule has 7 heteroatoms. The number of hydrogen-bond acceptors (Lipinski definition) is 6. The molecule has 0 unspecified atom stereocenters. The van der Waals surface area contributed by atoms with Crippen LogP contribution in [-0.2, 0) is 6.54 Å². The van der Waals surface area contributed by atoms with E-state index in [9.17, 15) is 4.79 Å². The third kappa shape index (κ3) is 3.67. The molecule has 1 aliphatic carbocycles. The standard InChI is InChI=1S/C23H28N6O/c1-14-7-6-8-16-11-18(12-26-22-20(15(2)24)21(25)27-13-28-22)29(23(30)19(14)16)17-9-4-3-5-10-17/h6-8,11,13,17,24H,3-5,9-10,12H2,1-2H3,(H3,25,26,27,28). The predicted octanol–water partition coefficient (Wildman–Crippen LogP) is 4.19. The Morgan fingerprint density at radius 1 is 1.27 bits per heavy atom. The summed E-state index contributed by atoms with van der Waals surface area (Å²) in [7, 11) is 0. The smallest absolute Gasteiger partial charge is 0.259 e. The van der Waals surface area contributed by atoms with E-state index in [1.165, 1.54) is 12.7 Å². The van der Waals surface area contributed by atoms with E-state index in [1.807, 2.05) is 29.7 Å². The van der Waals surface area contributed by atoms with Crippen molar-refractivity contribution in [3.05, 3.63) is 57.8 Å². The fourth-order valence-corrected chi connectivity index (χ4v) is 4.56. The molecule has 1 aromatic carbocycles. The summed E-state index contributed by atoms with van der Waals surface area (Å²) in [6.07, 6.45) is 6.96. The Balaban J connectivity index is 1.79. The number of aromatic nitrogens is 3. The molecule has 156 valence electrons. The Hall–Kier alpha value is -3.22. The molecule has 2 heterocycles. The number of rotatable bonds is 5. The van der Waals surface area contributed by atoms with E-state index in [0.717, 1.165) is 47.7 Å². The van der Waals surface area contributed by atoms with Crippen molar-refractivity contribution < 1.29 is 0 Å². The minimum atomic E-state index is 0.0833. The van der Waals surface area contributed by atoms with Crippen LogP contribution in [0.2, 0.25) is 0 Å². The molecule has 4 N–H and O–H groups in total. The van der Waals surface area contributed by atoms with Gasteiger partial charge in [-0.25, -0.2) is 9.97 Å². The molecular weight excluding hydrogens is 376 g/mol. The number of hydrogen-bond donors (Lipinski definition) is 3. The lowest BCUT2D eigenvalue weighted by molar-refractivity contribution is 0.341. The molecule has 1 saturated carbocycles. The number of nitrogens with one attached hydrogen (secondary N) is 2. The first-order chi connectivity index (χ1) is 14.5. The SMILES string of the molecule is CC(=N)c1c(N)ncnc1NCc1cc2cccc(C)c2c(=O)n1C1CCCCC1. The molecule has 7 nitrogen and oxygen atoms in total. The highest BCUT2D eigenvalue weighted by molar-refractivity contribution is 6.04. The van der Waals surface area contributed by atoms with Crippen LogP contribution in [-0.4, -0.2) is 20.2 Å². The molecular formula is C23H28N6O. The maximum Gasteiger partial charge on any atom is 0.259 e. The summed E-state index contributed by atoms with van der Waals surface area (Å²) in [5, 5.41) is 13.1. The van der Waals surface area contributed by atoms with Crippen LogP contribution in [0.15, 0.2) is 35.4 Å². The lowest BCUT2D eigenvalue weighted by atomic mass is 9.94. The van der Waals surface area contributed by atoms with Gasteiger partial charge in [-0.1, -0.05) is 37.5 Å². The van der Waals surface area contributed by atoms with Gasteiger partial charge in [-0.3, -0.25) is 4.79 Å². The number of aryl methyl sites for hydroxylation is 1. The maximum atomic E-state index is 13.6. The summed E-state index contributed by atoms with van der Waals surface area (Å²) < 4.78 is 1.99. The summed E-state index contributed by atoms with van der Waals surface area (Å²) in [4.78, 5) is 21.9. The van der Waals surface area contributed by atoms with E-state index in [0.29, 0.717) is 23.6 Å². The summed E-state index contributed by atoms with van der Waals surface area (Å²) in [6, 6.07) is 8.30. The fraction of sp³-hybridized carbons (Fsp3) is 0.391. The van der Waals surface area contributed by atoms with Gasteiger partial charge in [0.15, 0.2) is 0 Å². The number of nitrogens with zero attached hydrogens (tertiary/aromatic N) is 3. The summed E-state index contributed by atoms with van der Waals surface area (Å²) >= 11 is 0. The van der Waals surface area contributed by atoms with E-state index >= 15 is 0 Å². The number of anilines is 2. The van der Waals surface area contributed by atoms with Crippen molar-refractivity contribution in [1.29, 1.82) is 5.41 Å². The zero-order chi connectivity index (χ0) is 21.3. The molecule has 0 saturated heterocycles. The number of fused-ring (bicyclic) bond motifs is 1. The quantitative estimate of drug-likeness (QED) is 0.553. The van der Waals surface area contributed by atoms with E-state index in [2.05, 4.69) is 21.4 Å². The second kappa shape index (κ2) is 8.26. The highest BCUT2D eigenvalue weighted by atomic mass is 16.1. The maximum absolute atomic E-state index is 13.6. The molecule has 0 aliphatic heterocycles. The Kier molecular flexibility index (Phi) is 5.53. The monoisotopic (exact) mass is 404 g/mol. The van der Waals surface area contributed by atoms with E-state index in [4.69, 9.17) is 11.1 Å². The van der Waals surface area contributed by atoms with Gasteiger partial charge in [-0.05, 0) is 43.7 Å². The van der Waals surface area contributed by atoms with Gasteiger partial charge in [0, 0.05) is 17.4 Å². The Morgan fingerprint density at radius 3 is 2.77 bits per heavy atom. The van der Waals surface area contributed by atoms with Gasteiger partial charge in [-0.15, -0.1) is 0 Å². The molecule has 4 rings (SSSR count). The zero-order valence-electron chi connectivity index (χ0n) is 17.5. The molecule has 0 radical (unpaired) electrons. The van der Waals surface area contributed by atoms with E-state index in [-0.39, 0.29) is 17.4 Å². The van der Waals surface area contributed by atoms with Gasteiger partial charge in [0.1, 0.15) is 18.0 Å². The molecule has 1 fully saturated rings. The molecule has 30 heavy (non-hydrogen) atoms. The van der Waals surface area contributed by atoms with Crippen molar-refractivity contribution in [3.63, 3.8) is 0 Å². The molecule has 3 aromatic rings. The lowest BCUT2D eigenvalue weighted by Crippen LogP contribution is -2.30. The van der Waals surface area contributed by atoms with Gasteiger partial charge in [0.25, 0.3) is 5.56 Å². The highest BCUT2D eigenvalue weighted by Gasteiger charge is 2.21. The molecule has 0 bridgehead atoms. The summed E-state index contributed by atoms with van der Waals surface area (Å²) in [5.41, 5.74) is 8.78. The van der Waals surface area contributed by atoms with Crippen molar-refractivity contribution in [1.82, 2.24) is 14.5 Å². The van der Waals surface area contributed by atoms with Crippen molar-refractivity contribution in [2.45, 2.75) is 58.5 Å². The first-order valence-electron chi connectivity index (χ1n) is 10.5. The van der Waals surface area contributed by atoms with Crippen LogP contribution in [0.3, 0.4) is 0 Å². The Labute approximate surface area is 175 Å². The first kappa shape index (κ1) is 20.1. The molecule has 2 aromatic heterocycles. The number of benzene rings is 1. The normalized spacial score (nSPS) is 14.7. The van der Waals surface area contributed by atoms with Gasteiger partial charge in [-0.2, -0.15) is 0 Å². The van der Waals surface area contributed by atoms with Crippen molar-refractivity contribution in [3.8, 4) is 0 Å². The van der Waals surface area contributed by atoms with Crippen molar-refractivity contribution >= 4 is 28.1 Å². The number of pyridine rings is 1. The van der Waals surface area contributed by atoms with Crippen LogP contribution >= 0.6 is 0 Å². The molecule has 0 atom stereocenters. The largest absolute Gasteiger partial charge is 0.383 e. The van der Waals surface area contributed by atoms with Gasteiger partial charge < -0.3 is 21.0 Å². The lowest BCUT2D eigenvalue weighted by Gasteiger charge is -2.27. The number of nitrogen functional groups attached to an aromatic ring is 1. The van der Waals surface area contributed by atoms with Gasteiger partial charge in [0.05, 0.1) is 17.5 Å². The van der Waals surface area contributed by atoms with Crippen LogP contribution in [0.5, 0.6) is 0 Å². The average molecular weight is 405 g/mol. The molecule has 1 aliphatic rings. The molecule has 0 spiro atoms. The summed E-state index contributed by atoms with van der Waals surface area (Å²) in [6.45, 7) is 4.08. The molecule has 0 amide bonds.